The fourth-order valence-corrected chi connectivity index (χ4v) is 4.48. The van der Waals surface area contributed by atoms with Crippen LogP contribution in [-0.2, 0) is 9.59 Å². The molecule has 0 spiro atoms. The van der Waals surface area contributed by atoms with Crippen LogP contribution in [0.3, 0.4) is 0 Å². The lowest BCUT2D eigenvalue weighted by molar-refractivity contribution is -0.129. The number of amides is 2. The Morgan fingerprint density at radius 3 is 2.14 bits per heavy atom. The molecular formula is C15H14ClNO4. The molecule has 5 nitrogen and oxygen atoms in total. The first kappa shape index (κ1) is 13.2. The average molecular weight is 308 g/mol. The van der Waals surface area contributed by atoms with Gasteiger partial charge in [0.2, 0.25) is 11.8 Å². The van der Waals surface area contributed by atoms with Crippen LogP contribution in [0.4, 0.5) is 5.69 Å². The van der Waals surface area contributed by atoms with Crippen LogP contribution in [0.5, 0.6) is 0 Å². The molecule has 1 saturated heterocycles. The predicted octanol–water partition coefficient (Wildman–Crippen LogP) is 0.817. The summed E-state index contributed by atoms with van der Waals surface area (Å²) < 4.78 is 0. The highest BCUT2D eigenvalue weighted by Crippen LogP contribution is 2.56. The van der Waals surface area contributed by atoms with Gasteiger partial charge in [0.05, 0.1) is 29.7 Å². The Labute approximate surface area is 126 Å². The summed E-state index contributed by atoms with van der Waals surface area (Å²) in [6, 6.07) is 6.60. The normalized spacial score (nSPS) is 41.0. The topological polar surface area (TPSA) is 77.8 Å². The number of rotatable bonds is 1. The SMILES string of the molecule is O=C1[C@@H]2[C@@H]3C[C@@H]([C@H](O)[C@@H]3O)[C@@H]2C(=O)N1c1cccc(Cl)c1. The molecule has 6 atom stereocenters. The molecule has 0 unspecified atom stereocenters. The molecule has 1 aliphatic heterocycles. The van der Waals surface area contributed by atoms with E-state index in [1.807, 2.05) is 0 Å². The second kappa shape index (κ2) is 4.29. The van der Waals surface area contributed by atoms with Crippen molar-refractivity contribution in [3.05, 3.63) is 29.3 Å². The summed E-state index contributed by atoms with van der Waals surface area (Å²) in [5, 5.41) is 20.4. The van der Waals surface area contributed by atoms with Crippen LogP contribution in [0.2, 0.25) is 5.02 Å². The zero-order valence-corrected chi connectivity index (χ0v) is 11.8. The molecule has 110 valence electrons. The summed E-state index contributed by atoms with van der Waals surface area (Å²) in [5.41, 5.74) is 0.454. The van der Waals surface area contributed by atoms with Crippen molar-refractivity contribution >= 4 is 29.1 Å². The highest BCUT2D eigenvalue weighted by Gasteiger charge is 2.67. The smallest absolute Gasteiger partial charge is 0.238 e. The summed E-state index contributed by atoms with van der Waals surface area (Å²) >= 11 is 5.93. The molecular weight excluding hydrogens is 294 g/mol. The standard InChI is InChI=1S/C15H14ClNO4/c16-6-2-1-3-7(4-6)17-14(20)10-8-5-9(11(10)15(17)21)13(19)12(8)18/h1-4,8-13,18-19H,5H2/t8-,9+,10+,11-,12+,13-. The van der Waals surface area contributed by atoms with Gasteiger partial charge in [-0.05, 0) is 24.6 Å². The van der Waals surface area contributed by atoms with Gasteiger partial charge in [0.15, 0.2) is 0 Å². The van der Waals surface area contributed by atoms with Gasteiger partial charge in [-0.15, -0.1) is 0 Å². The summed E-state index contributed by atoms with van der Waals surface area (Å²) in [7, 11) is 0. The maximum Gasteiger partial charge on any atom is 0.238 e. The van der Waals surface area contributed by atoms with Crippen molar-refractivity contribution in [3.63, 3.8) is 0 Å². The minimum atomic E-state index is -0.910. The van der Waals surface area contributed by atoms with E-state index in [1.54, 1.807) is 24.3 Å². The van der Waals surface area contributed by atoms with Gasteiger partial charge in [-0.2, -0.15) is 0 Å². The highest BCUT2D eigenvalue weighted by molar-refractivity contribution is 6.31. The van der Waals surface area contributed by atoms with Crippen LogP contribution in [0.25, 0.3) is 0 Å². The summed E-state index contributed by atoms with van der Waals surface area (Å²) in [6.45, 7) is 0. The second-order valence-electron chi connectivity index (χ2n) is 6.09. The van der Waals surface area contributed by atoms with E-state index in [2.05, 4.69) is 0 Å². The van der Waals surface area contributed by atoms with E-state index in [1.165, 1.54) is 0 Å². The monoisotopic (exact) mass is 307 g/mol. The Kier molecular flexibility index (Phi) is 2.70. The quantitative estimate of drug-likeness (QED) is 0.753. The van der Waals surface area contributed by atoms with Crippen molar-refractivity contribution in [3.8, 4) is 0 Å². The number of anilines is 1. The number of halogens is 1. The lowest BCUT2D eigenvalue weighted by atomic mass is 9.78. The van der Waals surface area contributed by atoms with Gasteiger partial charge < -0.3 is 10.2 Å². The van der Waals surface area contributed by atoms with E-state index < -0.39 is 24.0 Å². The molecule has 21 heavy (non-hydrogen) atoms. The molecule has 6 heteroatoms. The number of carbonyl (C=O) groups excluding carboxylic acids is 2. The van der Waals surface area contributed by atoms with Gasteiger partial charge in [-0.3, -0.25) is 9.59 Å². The number of carbonyl (C=O) groups is 2. The van der Waals surface area contributed by atoms with Crippen molar-refractivity contribution in [1.82, 2.24) is 0 Å². The Hall–Kier alpha value is -1.43. The van der Waals surface area contributed by atoms with Gasteiger partial charge in [0, 0.05) is 16.9 Å². The Morgan fingerprint density at radius 1 is 1.05 bits per heavy atom. The summed E-state index contributed by atoms with van der Waals surface area (Å²) in [4.78, 5) is 26.4. The molecule has 3 aliphatic rings. The average Bonchev–Trinajstić information content (AvgIpc) is 3.04. The molecule has 2 N–H and O–H groups in total. The third-order valence-corrected chi connectivity index (χ3v) is 5.39. The van der Waals surface area contributed by atoms with Crippen LogP contribution < -0.4 is 4.90 Å². The molecule has 2 saturated carbocycles. The number of nitrogens with zero attached hydrogens (tertiary/aromatic N) is 1. The van der Waals surface area contributed by atoms with Crippen LogP contribution >= 0.6 is 11.6 Å². The van der Waals surface area contributed by atoms with Crippen molar-refractivity contribution in [2.75, 3.05) is 4.90 Å². The maximum atomic E-state index is 12.6. The van der Waals surface area contributed by atoms with Gasteiger partial charge in [0.1, 0.15) is 0 Å². The Bertz CT molecular complexity index is 616. The van der Waals surface area contributed by atoms with Crippen LogP contribution in [-0.4, -0.2) is 34.2 Å². The molecule has 2 bridgehead atoms. The molecule has 0 aromatic heterocycles. The Morgan fingerprint density at radius 2 is 1.62 bits per heavy atom. The molecule has 1 aromatic carbocycles. The van der Waals surface area contributed by atoms with Crippen molar-refractivity contribution < 1.29 is 19.8 Å². The van der Waals surface area contributed by atoms with Crippen LogP contribution in [0.1, 0.15) is 6.42 Å². The van der Waals surface area contributed by atoms with E-state index in [-0.39, 0.29) is 23.7 Å². The van der Waals surface area contributed by atoms with Gasteiger partial charge in [-0.25, -0.2) is 4.90 Å². The fourth-order valence-electron chi connectivity index (χ4n) is 4.30. The largest absolute Gasteiger partial charge is 0.390 e. The van der Waals surface area contributed by atoms with E-state index >= 15 is 0 Å². The van der Waals surface area contributed by atoms with E-state index in [0.29, 0.717) is 17.1 Å². The van der Waals surface area contributed by atoms with Crippen molar-refractivity contribution in [1.29, 1.82) is 0 Å². The van der Waals surface area contributed by atoms with Crippen LogP contribution in [0, 0.1) is 23.7 Å². The van der Waals surface area contributed by atoms with E-state index in [0.717, 1.165) is 4.90 Å². The second-order valence-corrected chi connectivity index (χ2v) is 6.52. The van der Waals surface area contributed by atoms with Crippen LogP contribution in [0.15, 0.2) is 24.3 Å². The predicted molar refractivity (Wildman–Crippen MR) is 74.5 cm³/mol. The molecule has 3 fully saturated rings. The zero-order chi connectivity index (χ0) is 14.9. The van der Waals surface area contributed by atoms with Gasteiger partial charge in [-0.1, -0.05) is 17.7 Å². The molecule has 4 rings (SSSR count). The summed E-state index contributed by atoms with van der Waals surface area (Å²) in [6.07, 6.45) is -1.28. The number of aliphatic hydroxyl groups excluding tert-OH is 2. The number of imide groups is 1. The lowest BCUT2D eigenvalue weighted by Gasteiger charge is -2.29. The van der Waals surface area contributed by atoms with E-state index in [9.17, 15) is 19.8 Å². The minimum Gasteiger partial charge on any atom is -0.390 e. The maximum absolute atomic E-state index is 12.6. The van der Waals surface area contributed by atoms with Crippen molar-refractivity contribution in [2.45, 2.75) is 18.6 Å². The molecule has 1 heterocycles. The van der Waals surface area contributed by atoms with Gasteiger partial charge >= 0.3 is 0 Å². The number of fused-ring (bicyclic) bond motifs is 5. The van der Waals surface area contributed by atoms with Gasteiger partial charge in [0.25, 0.3) is 0 Å². The highest BCUT2D eigenvalue weighted by atomic mass is 35.5. The van der Waals surface area contributed by atoms with E-state index in [4.69, 9.17) is 11.6 Å². The summed E-state index contributed by atoms with van der Waals surface area (Å²) in [5.74, 6) is -2.25. The third kappa shape index (κ3) is 1.59. The number of hydrogen-bond donors (Lipinski definition) is 2. The first-order valence-corrected chi connectivity index (χ1v) is 7.38. The Balaban J connectivity index is 1.75. The third-order valence-electron chi connectivity index (χ3n) is 5.16. The molecule has 0 radical (unpaired) electrons. The number of benzene rings is 1. The first-order valence-electron chi connectivity index (χ1n) is 7.00. The number of hydrogen-bond acceptors (Lipinski definition) is 4. The number of aliphatic hydroxyl groups is 2. The fraction of sp³-hybridized carbons (Fsp3) is 0.467. The molecule has 2 amide bonds. The molecule has 1 aromatic rings. The lowest BCUT2D eigenvalue weighted by Crippen LogP contribution is -2.43. The minimum absolute atomic E-state index is 0.286. The molecule has 2 aliphatic carbocycles. The zero-order valence-electron chi connectivity index (χ0n) is 11.0. The first-order chi connectivity index (χ1) is 10.0. The van der Waals surface area contributed by atoms with Crippen molar-refractivity contribution in [2.24, 2.45) is 23.7 Å².